The lowest BCUT2D eigenvalue weighted by atomic mass is 9.93. The van der Waals surface area contributed by atoms with Crippen molar-refractivity contribution < 1.29 is 23.8 Å². The van der Waals surface area contributed by atoms with Crippen LogP contribution in [-0.4, -0.2) is 68.7 Å². The van der Waals surface area contributed by atoms with Crippen molar-refractivity contribution in [2.24, 2.45) is 0 Å². The van der Waals surface area contributed by atoms with Crippen LogP contribution in [-0.2, 0) is 20.4 Å². The molecule has 1 saturated carbocycles. The molecule has 3 aromatic rings. The summed E-state index contributed by atoms with van der Waals surface area (Å²) in [5.74, 6) is -0.308. The number of pyridine rings is 1. The third-order valence-corrected chi connectivity index (χ3v) is 13.0. The van der Waals surface area contributed by atoms with Gasteiger partial charge in [-0.1, -0.05) is 20.8 Å². The summed E-state index contributed by atoms with van der Waals surface area (Å²) in [5.41, 5.74) is 2.50. The zero-order chi connectivity index (χ0) is 28.9. The number of nitrogens with zero attached hydrogens (tertiary/aromatic N) is 5. The third kappa shape index (κ3) is 6.09. The van der Waals surface area contributed by atoms with Crippen molar-refractivity contribution in [2.75, 3.05) is 11.9 Å². The van der Waals surface area contributed by atoms with E-state index in [4.69, 9.17) is 19.0 Å². The molecule has 1 aliphatic heterocycles. The van der Waals surface area contributed by atoms with Crippen LogP contribution in [0.4, 0.5) is 10.6 Å². The van der Waals surface area contributed by atoms with Crippen LogP contribution in [0.25, 0.3) is 22.2 Å². The standard InChI is InChI=1S/C28H42N6O5Si/c1-27(2,3)40(6,7)39-20-10-8-19(9-11-20)34-23-12-24(31-26(35)36)29-14-22(23)25(32-34)18-13-30-33(15-18)16-21-17-37-28(4,5)38-21/h12-15,19-21H,8-11,16-17H2,1-7H3,(H,29,31)(H,35,36). The van der Waals surface area contributed by atoms with E-state index in [9.17, 15) is 9.90 Å². The fourth-order valence-electron chi connectivity index (χ4n) is 5.35. The van der Waals surface area contributed by atoms with E-state index >= 15 is 0 Å². The van der Waals surface area contributed by atoms with Gasteiger partial charge >= 0.3 is 6.09 Å². The van der Waals surface area contributed by atoms with E-state index < -0.39 is 20.2 Å². The maximum Gasteiger partial charge on any atom is 0.410 e. The third-order valence-electron chi connectivity index (χ3n) is 8.45. The van der Waals surface area contributed by atoms with E-state index in [0.717, 1.165) is 47.8 Å². The van der Waals surface area contributed by atoms with Crippen molar-refractivity contribution in [2.45, 2.75) is 109 Å². The van der Waals surface area contributed by atoms with Crippen LogP contribution in [0.2, 0.25) is 18.1 Å². The maximum absolute atomic E-state index is 11.3. The maximum atomic E-state index is 11.3. The summed E-state index contributed by atoms with van der Waals surface area (Å²) in [4.78, 5) is 15.7. The van der Waals surface area contributed by atoms with Gasteiger partial charge in [-0.2, -0.15) is 10.2 Å². The van der Waals surface area contributed by atoms with Gasteiger partial charge in [0.25, 0.3) is 0 Å². The molecule has 1 saturated heterocycles. The molecule has 0 aromatic carbocycles. The van der Waals surface area contributed by atoms with Gasteiger partial charge in [-0.05, 0) is 57.7 Å². The van der Waals surface area contributed by atoms with Crippen LogP contribution in [0, 0.1) is 0 Å². The molecule has 40 heavy (non-hydrogen) atoms. The van der Waals surface area contributed by atoms with E-state index in [-0.39, 0.29) is 29.1 Å². The molecular formula is C28H42N6O5Si. The molecule has 4 heterocycles. The molecule has 1 atom stereocenters. The van der Waals surface area contributed by atoms with Crippen molar-refractivity contribution in [3.05, 3.63) is 24.7 Å². The van der Waals surface area contributed by atoms with Crippen molar-refractivity contribution in [1.82, 2.24) is 24.5 Å². The second-order valence-corrected chi connectivity index (χ2v) is 17.8. The van der Waals surface area contributed by atoms with E-state index in [1.807, 2.05) is 24.7 Å². The van der Waals surface area contributed by atoms with Crippen LogP contribution in [0.5, 0.6) is 0 Å². The molecule has 1 aliphatic carbocycles. The lowest BCUT2D eigenvalue weighted by molar-refractivity contribution is -0.139. The Morgan fingerprint density at radius 1 is 1.23 bits per heavy atom. The number of anilines is 1. The van der Waals surface area contributed by atoms with E-state index in [1.54, 1.807) is 18.5 Å². The summed E-state index contributed by atoms with van der Waals surface area (Å²) >= 11 is 0. The largest absolute Gasteiger partial charge is 0.465 e. The SMILES string of the molecule is CC1(C)OCC(Cn2cc(-c3nn(C4CCC(O[Si](C)(C)C(C)(C)C)CC4)c4cc(NC(=O)O)ncc34)cn2)O1. The number of hydrogen-bond donors (Lipinski definition) is 2. The number of ether oxygens (including phenoxy) is 2. The predicted octanol–water partition coefficient (Wildman–Crippen LogP) is 6.04. The minimum atomic E-state index is -1.84. The predicted molar refractivity (Wildman–Crippen MR) is 155 cm³/mol. The summed E-state index contributed by atoms with van der Waals surface area (Å²) in [5, 5.41) is 22.3. The molecule has 12 heteroatoms. The fourth-order valence-corrected chi connectivity index (χ4v) is 6.77. The Labute approximate surface area is 236 Å². The van der Waals surface area contributed by atoms with E-state index in [0.29, 0.717) is 13.2 Å². The number of nitrogens with one attached hydrogen (secondary N) is 1. The summed E-state index contributed by atoms with van der Waals surface area (Å²) in [6, 6.07) is 1.95. The molecule has 1 unspecified atom stereocenters. The van der Waals surface area contributed by atoms with Gasteiger partial charge in [-0.3, -0.25) is 14.7 Å². The van der Waals surface area contributed by atoms with Gasteiger partial charge in [0.2, 0.25) is 0 Å². The van der Waals surface area contributed by atoms with Crippen molar-refractivity contribution in [1.29, 1.82) is 0 Å². The van der Waals surface area contributed by atoms with Gasteiger partial charge < -0.3 is 19.0 Å². The second kappa shape index (κ2) is 10.5. The molecule has 218 valence electrons. The molecule has 0 spiro atoms. The normalized spacial score (nSPS) is 23.5. The van der Waals surface area contributed by atoms with Crippen molar-refractivity contribution >= 4 is 31.1 Å². The van der Waals surface area contributed by atoms with Gasteiger partial charge in [0.1, 0.15) is 17.6 Å². The molecule has 2 fully saturated rings. The van der Waals surface area contributed by atoms with Crippen LogP contribution in [0.3, 0.4) is 0 Å². The van der Waals surface area contributed by atoms with Crippen LogP contribution < -0.4 is 5.32 Å². The van der Waals surface area contributed by atoms with Gasteiger partial charge in [0, 0.05) is 35.5 Å². The number of hydrogen-bond acceptors (Lipinski definition) is 7. The first-order valence-electron chi connectivity index (χ1n) is 14.1. The number of fused-ring (bicyclic) bond motifs is 1. The molecule has 1 amide bonds. The first-order valence-corrected chi connectivity index (χ1v) is 17.0. The molecule has 2 aliphatic rings. The average Bonchev–Trinajstić information content (AvgIpc) is 3.55. The topological polar surface area (TPSA) is 126 Å². The Kier molecular flexibility index (Phi) is 7.57. The highest BCUT2D eigenvalue weighted by molar-refractivity contribution is 6.74. The summed E-state index contributed by atoms with van der Waals surface area (Å²) < 4.78 is 22.3. The van der Waals surface area contributed by atoms with Gasteiger partial charge in [-0.15, -0.1) is 0 Å². The molecule has 2 N–H and O–H groups in total. The Morgan fingerprint density at radius 3 is 2.58 bits per heavy atom. The Morgan fingerprint density at radius 2 is 1.95 bits per heavy atom. The zero-order valence-corrected chi connectivity index (χ0v) is 25.6. The molecular weight excluding hydrogens is 528 g/mol. The number of aromatic nitrogens is 5. The average molecular weight is 571 g/mol. The molecule has 11 nitrogen and oxygen atoms in total. The number of carboxylic acid groups (broad SMARTS) is 1. The highest BCUT2D eigenvalue weighted by Crippen LogP contribution is 2.41. The lowest BCUT2D eigenvalue weighted by Gasteiger charge is -2.41. The number of rotatable bonds is 7. The lowest BCUT2D eigenvalue weighted by Crippen LogP contribution is -2.44. The fraction of sp³-hybridized carbons (Fsp3) is 0.643. The van der Waals surface area contributed by atoms with Gasteiger partial charge in [0.15, 0.2) is 14.1 Å². The molecule has 0 bridgehead atoms. The van der Waals surface area contributed by atoms with Crippen LogP contribution in [0.1, 0.15) is 66.3 Å². The minimum Gasteiger partial charge on any atom is -0.465 e. The molecule has 3 aromatic heterocycles. The smallest absolute Gasteiger partial charge is 0.410 e. The summed E-state index contributed by atoms with van der Waals surface area (Å²) in [7, 11) is -1.84. The highest BCUT2D eigenvalue weighted by Gasteiger charge is 2.40. The van der Waals surface area contributed by atoms with Gasteiger partial charge in [-0.25, -0.2) is 9.78 Å². The van der Waals surface area contributed by atoms with Crippen molar-refractivity contribution in [3.63, 3.8) is 0 Å². The number of carbonyl (C=O) groups is 1. The number of amides is 1. The highest BCUT2D eigenvalue weighted by atomic mass is 28.4. The van der Waals surface area contributed by atoms with Crippen molar-refractivity contribution in [3.8, 4) is 11.3 Å². The Hall–Kier alpha value is -2.80. The minimum absolute atomic E-state index is 0.0768. The van der Waals surface area contributed by atoms with Crippen LogP contribution in [0.15, 0.2) is 24.7 Å². The first kappa shape index (κ1) is 28.7. The summed E-state index contributed by atoms with van der Waals surface area (Å²) in [6.07, 6.45) is 8.31. The quantitative estimate of drug-likeness (QED) is 0.329. The molecule has 0 radical (unpaired) electrons. The Bertz CT molecular complexity index is 1370. The summed E-state index contributed by atoms with van der Waals surface area (Å²) in [6.45, 7) is 16.4. The van der Waals surface area contributed by atoms with E-state index in [1.165, 1.54) is 0 Å². The molecule has 5 rings (SSSR count). The Balaban J connectivity index is 1.39. The van der Waals surface area contributed by atoms with E-state index in [2.05, 4.69) is 53.9 Å². The first-order chi connectivity index (χ1) is 18.7. The monoisotopic (exact) mass is 570 g/mol. The van der Waals surface area contributed by atoms with Gasteiger partial charge in [0.05, 0.1) is 30.9 Å². The second-order valence-electron chi connectivity index (χ2n) is 13.0. The zero-order valence-electron chi connectivity index (χ0n) is 24.6. The van der Waals surface area contributed by atoms with Crippen LogP contribution >= 0.6 is 0 Å².